The minimum atomic E-state index is -3.63. The standard InChI is InChI=1S/C16H22N2O4S.C8H16N2O.C6H11NO/c1-13(19)14-3-5-15(6-4-14)23(20,21)18-11-12-22-16(18)7-9-17(2)10-8-16;1-10-5-2-8(3-6-10)9-4-7-11-8;1-7-4-2-6(8)3-5-7/h3-6H,7-12H2,1-2H3;9H,2-7H2,1H3;2-5H2,1H3. The summed E-state index contributed by atoms with van der Waals surface area (Å²) >= 11 is 0. The molecule has 5 fully saturated rings. The van der Waals surface area contributed by atoms with Crippen LogP contribution >= 0.6 is 0 Å². The third-order valence-electron chi connectivity index (χ3n) is 9.00. The summed E-state index contributed by atoms with van der Waals surface area (Å²) in [5.41, 5.74) is -0.146. The first kappa shape index (κ1) is 33.1. The van der Waals surface area contributed by atoms with E-state index in [-0.39, 0.29) is 16.4 Å². The molecule has 0 atom stereocenters. The first-order valence-corrected chi connectivity index (χ1v) is 16.6. The summed E-state index contributed by atoms with van der Waals surface area (Å²) in [7, 11) is 2.62. The Labute approximate surface area is 251 Å². The van der Waals surface area contributed by atoms with Crippen molar-refractivity contribution in [2.45, 2.75) is 61.8 Å². The summed E-state index contributed by atoms with van der Waals surface area (Å²) in [6, 6.07) is 6.14. The van der Waals surface area contributed by atoms with Crippen LogP contribution in [0, 0.1) is 0 Å². The molecule has 2 spiro atoms. The average Bonchev–Trinajstić information content (AvgIpc) is 3.62. The highest BCUT2D eigenvalue weighted by Crippen LogP contribution is 2.38. The van der Waals surface area contributed by atoms with Crippen molar-refractivity contribution < 1.29 is 27.5 Å². The molecule has 0 unspecified atom stereocenters. The fraction of sp³-hybridized carbons (Fsp3) is 0.733. The summed E-state index contributed by atoms with van der Waals surface area (Å²) in [5.74, 6) is 0.341. The number of hydrogen-bond acceptors (Lipinski definition) is 10. The van der Waals surface area contributed by atoms with Crippen molar-refractivity contribution in [3.8, 4) is 0 Å². The van der Waals surface area contributed by atoms with Crippen molar-refractivity contribution in [2.24, 2.45) is 0 Å². The van der Waals surface area contributed by atoms with Gasteiger partial charge in [-0.05, 0) is 40.2 Å². The number of nitrogens with one attached hydrogen (secondary N) is 1. The zero-order chi connectivity index (χ0) is 30.4. The number of carbonyl (C=O) groups excluding carboxylic acids is 2. The van der Waals surface area contributed by atoms with Gasteiger partial charge >= 0.3 is 0 Å². The highest BCUT2D eigenvalue weighted by molar-refractivity contribution is 7.89. The molecule has 0 saturated carbocycles. The van der Waals surface area contributed by atoms with Crippen LogP contribution in [0.4, 0.5) is 0 Å². The van der Waals surface area contributed by atoms with Crippen molar-refractivity contribution in [3.05, 3.63) is 29.8 Å². The fourth-order valence-corrected chi connectivity index (χ4v) is 7.75. The second kappa shape index (κ2) is 14.3. The molecular weight excluding hydrogens is 558 g/mol. The van der Waals surface area contributed by atoms with Gasteiger partial charge in [0.15, 0.2) is 5.78 Å². The number of benzene rings is 1. The van der Waals surface area contributed by atoms with E-state index >= 15 is 0 Å². The number of nitrogens with zero attached hydrogens (tertiary/aromatic N) is 4. The quantitative estimate of drug-likeness (QED) is 0.509. The predicted octanol–water partition coefficient (Wildman–Crippen LogP) is 1.64. The molecule has 1 N–H and O–H groups in total. The van der Waals surface area contributed by atoms with Gasteiger partial charge in [-0.15, -0.1) is 0 Å². The van der Waals surface area contributed by atoms with Crippen LogP contribution in [0.5, 0.6) is 0 Å². The summed E-state index contributed by atoms with van der Waals surface area (Å²) in [6.45, 7) is 10.1. The topological polar surface area (TPSA) is 112 Å². The van der Waals surface area contributed by atoms with E-state index in [2.05, 4.69) is 27.1 Å². The van der Waals surface area contributed by atoms with Gasteiger partial charge in [0.25, 0.3) is 0 Å². The van der Waals surface area contributed by atoms with Crippen molar-refractivity contribution in [2.75, 3.05) is 86.7 Å². The first-order valence-electron chi connectivity index (χ1n) is 15.2. The highest BCUT2D eigenvalue weighted by Gasteiger charge is 2.50. The third kappa shape index (κ3) is 8.23. The summed E-state index contributed by atoms with van der Waals surface area (Å²) in [6.07, 6.45) is 5.16. The van der Waals surface area contributed by atoms with Crippen LogP contribution in [0.1, 0.15) is 55.8 Å². The Kier molecular flexibility index (Phi) is 11.3. The second-order valence-corrected chi connectivity index (χ2v) is 14.0. The number of ether oxygens (including phenoxy) is 2. The fourth-order valence-electron chi connectivity index (χ4n) is 6.03. The maximum Gasteiger partial charge on any atom is 0.245 e. The Bertz CT molecular complexity index is 1140. The molecule has 5 aliphatic heterocycles. The van der Waals surface area contributed by atoms with E-state index in [1.807, 2.05) is 14.1 Å². The molecule has 5 aliphatic rings. The molecule has 0 aromatic heterocycles. The van der Waals surface area contributed by atoms with Gasteiger partial charge in [-0.2, -0.15) is 4.31 Å². The Balaban J connectivity index is 0.000000174. The van der Waals surface area contributed by atoms with Crippen LogP contribution in [0.15, 0.2) is 29.2 Å². The van der Waals surface area contributed by atoms with Crippen LogP contribution in [-0.4, -0.2) is 137 Å². The molecule has 12 heteroatoms. The van der Waals surface area contributed by atoms with E-state index in [9.17, 15) is 18.0 Å². The SMILES string of the molecule is CC(=O)c1ccc(S(=O)(=O)N2CCOC23CCN(C)CC3)cc1.CN1CCC(=O)CC1.CN1CCC2(CC1)NCCO2. The molecule has 11 nitrogen and oxygen atoms in total. The minimum Gasteiger partial charge on any atom is -0.359 e. The lowest BCUT2D eigenvalue weighted by Gasteiger charge is -2.41. The van der Waals surface area contributed by atoms with Gasteiger partial charge in [-0.1, -0.05) is 12.1 Å². The molecule has 0 radical (unpaired) electrons. The molecule has 0 aliphatic carbocycles. The van der Waals surface area contributed by atoms with Gasteiger partial charge in [0.2, 0.25) is 10.0 Å². The Hall–Kier alpha value is -1.77. The molecule has 236 valence electrons. The second-order valence-electron chi connectivity index (χ2n) is 12.2. The van der Waals surface area contributed by atoms with Gasteiger partial charge in [0.05, 0.1) is 18.1 Å². The summed E-state index contributed by atoms with van der Waals surface area (Å²) in [4.78, 5) is 28.9. The molecule has 6 rings (SSSR count). The molecule has 0 amide bonds. The number of sulfonamides is 1. The normalized spacial score (nSPS) is 25.1. The van der Waals surface area contributed by atoms with Crippen LogP contribution in [0.25, 0.3) is 0 Å². The molecule has 5 heterocycles. The number of carbonyl (C=O) groups is 2. The van der Waals surface area contributed by atoms with Crippen molar-refractivity contribution >= 4 is 21.6 Å². The smallest absolute Gasteiger partial charge is 0.245 e. The lowest BCUT2D eigenvalue weighted by molar-refractivity contribution is -0.121. The molecule has 1 aromatic rings. The molecular formula is C30H49N5O6S. The number of likely N-dealkylation sites (tertiary alicyclic amines) is 3. The monoisotopic (exact) mass is 607 g/mol. The van der Waals surface area contributed by atoms with E-state index in [0.717, 1.165) is 78.1 Å². The van der Waals surface area contributed by atoms with Crippen molar-refractivity contribution in [1.82, 2.24) is 24.3 Å². The molecule has 5 saturated heterocycles. The van der Waals surface area contributed by atoms with E-state index in [1.54, 1.807) is 12.1 Å². The van der Waals surface area contributed by atoms with Crippen LogP contribution in [0.2, 0.25) is 0 Å². The van der Waals surface area contributed by atoms with E-state index in [4.69, 9.17) is 9.47 Å². The lowest BCUT2D eigenvalue weighted by atomic mass is 10.0. The maximum absolute atomic E-state index is 13.0. The van der Waals surface area contributed by atoms with Gasteiger partial charge in [-0.25, -0.2) is 8.42 Å². The molecule has 42 heavy (non-hydrogen) atoms. The molecule has 0 bridgehead atoms. The zero-order valence-electron chi connectivity index (χ0n) is 25.8. The zero-order valence-corrected chi connectivity index (χ0v) is 26.6. The number of Topliss-reactive ketones (excluding diaryl/α,β-unsaturated/α-hetero) is 2. The van der Waals surface area contributed by atoms with E-state index in [0.29, 0.717) is 37.3 Å². The first-order chi connectivity index (χ1) is 19.9. The predicted molar refractivity (Wildman–Crippen MR) is 161 cm³/mol. The Morgan fingerprint density at radius 3 is 1.83 bits per heavy atom. The van der Waals surface area contributed by atoms with Crippen molar-refractivity contribution in [1.29, 1.82) is 0 Å². The lowest BCUT2D eigenvalue weighted by Crippen LogP contribution is -2.54. The highest BCUT2D eigenvalue weighted by atomic mass is 32.2. The van der Waals surface area contributed by atoms with Gasteiger partial charge in [-0.3, -0.25) is 14.9 Å². The summed E-state index contributed by atoms with van der Waals surface area (Å²) < 4.78 is 39.1. The third-order valence-corrected chi connectivity index (χ3v) is 11.0. The van der Waals surface area contributed by atoms with Crippen LogP contribution < -0.4 is 5.32 Å². The van der Waals surface area contributed by atoms with Gasteiger partial charge < -0.3 is 24.2 Å². The number of ketones is 2. The van der Waals surface area contributed by atoms with Crippen LogP contribution in [-0.2, 0) is 24.3 Å². The average molecular weight is 608 g/mol. The maximum atomic E-state index is 13.0. The number of hydrogen-bond donors (Lipinski definition) is 1. The molecule has 1 aromatic carbocycles. The van der Waals surface area contributed by atoms with Crippen LogP contribution in [0.3, 0.4) is 0 Å². The Morgan fingerprint density at radius 2 is 1.33 bits per heavy atom. The van der Waals surface area contributed by atoms with Gasteiger partial charge in [0, 0.05) is 96.4 Å². The number of piperidine rings is 3. The minimum absolute atomic E-state index is 0.0620. The van der Waals surface area contributed by atoms with Crippen molar-refractivity contribution in [3.63, 3.8) is 0 Å². The number of rotatable bonds is 3. The van der Waals surface area contributed by atoms with Gasteiger partial charge in [0.1, 0.15) is 17.2 Å². The summed E-state index contributed by atoms with van der Waals surface area (Å²) in [5, 5.41) is 3.44. The Morgan fingerprint density at radius 1 is 0.786 bits per heavy atom. The largest absolute Gasteiger partial charge is 0.359 e. The van der Waals surface area contributed by atoms with E-state index in [1.165, 1.54) is 23.4 Å². The van der Waals surface area contributed by atoms with E-state index < -0.39 is 15.7 Å².